The number of hydrogen-bond acceptors (Lipinski definition) is 4. The molecule has 0 bridgehead atoms. The van der Waals surface area contributed by atoms with Gasteiger partial charge in [0, 0.05) is 39.3 Å². The molecule has 0 aromatic heterocycles. The van der Waals surface area contributed by atoms with Gasteiger partial charge in [-0.25, -0.2) is 13.1 Å². The first kappa shape index (κ1) is 19.4. The SMILES string of the molecule is CN=C(NCCNS(C)(=O)=O)N1CCN(C2CC2)C(=O)C1.I. The number of sulfonamides is 1. The van der Waals surface area contributed by atoms with Gasteiger partial charge in [-0.05, 0) is 12.8 Å². The first-order valence-electron chi connectivity index (χ1n) is 7.10. The predicted octanol–water partition coefficient (Wildman–Crippen LogP) is -0.964. The van der Waals surface area contributed by atoms with E-state index < -0.39 is 10.0 Å². The van der Waals surface area contributed by atoms with Crippen LogP contribution in [0.3, 0.4) is 0 Å². The molecular formula is C12H24IN5O3S. The molecule has 2 fully saturated rings. The lowest BCUT2D eigenvalue weighted by Gasteiger charge is -2.36. The highest BCUT2D eigenvalue weighted by Crippen LogP contribution is 2.27. The van der Waals surface area contributed by atoms with Crippen molar-refractivity contribution >= 4 is 45.9 Å². The van der Waals surface area contributed by atoms with E-state index in [0.29, 0.717) is 25.1 Å². The molecule has 0 aromatic rings. The summed E-state index contributed by atoms with van der Waals surface area (Å²) in [4.78, 5) is 20.1. The smallest absolute Gasteiger partial charge is 0.242 e. The fourth-order valence-electron chi connectivity index (χ4n) is 2.38. The number of guanidine groups is 1. The molecule has 2 rings (SSSR count). The number of nitrogens with zero attached hydrogens (tertiary/aromatic N) is 3. The minimum Gasteiger partial charge on any atom is -0.355 e. The van der Waals surface area contributed by atoms with Crippen LogP contribution in [0.2, 0.25) is 0 Å². The number of piperazine rings is 1. The molecule has 10 heteroatoms. The number of nitrogens with one attached hydrogen (secondary N) is 2. The van der Waals surface area contributed by atoms with Crippen molar-refractivity contribution in [3.8, 4) is 0 Å². The molecule has 0 aromatic carbocycles. The Hall–Kier alpha value is -0.620. The maximum absolute atomic E-state index is 12.1. The van der Waals surface area contributed by atoms with Crippen molar-refractivity contribution in [1.82, 2.24) is 19.8 Å². The Bertz CT molecular complexity index is 521. The summed E-state index contributed by atoms with van der Waals surface area (Å²) >= 11 is 0. The number of amides is 1. The Balaban J connectivity index is 0.00000242. The van der Waals surface area contributed by atoms with Gasteiger partial charge in [0.05, 0.1) is 12.8 Å². The molecule has 2 aliphatic rings. The number of hydrogen-bond donors (Lipinski definition) is 2. The normalized spacial score (nSPS) is 19.9. The predicted molar refractivity (Wildman–Crippen MR) is 95.9 cm³/mol. The summed E-state index contributed by atoms with van der Waals surface area (Å²) in [5.74, 6) is 0.773. The van der Waals surface area contributed by atoms with Crippen LogP contribution in [-0.4, -0.2) is 82.2 Å². The van der Waals surface area contributed by atoms with Gasteiger partial charge in [0.25, 0.3) is 0 Å². The highest BCUT2D eigenvalue weighted by Gasteiger charge is 2.36. The molecule has 22 heavy (non-hydrogen) atoms. The van der Waals surface area contributed by atoms with Gasteiger partial charge < -0.3 is 15.1 Å². The average Bonchev–Trinajstić information content (AvgIpc) is 3.22. The van der Waals surface area contributed by atoms with Gasteiger partial charge in [-0.15, -0.1) is 24.0 Å². The molecule has 8 nitrogen and oxygen atoms in total. The minimum atomic E-state index is -3.18. The zero-order valence-electron chi connectivity index (χ0n) is 12.9. The molecule has 2 N–H and O–H groups in total. The maximum atomic E-state index is 12.1. The molecule has 1 aliphatic heterocycles. The molecule has 1 saturated carbocycles. The third-order valence-corrected chi connectivity index (χ3v) is 4.26. The third kappa shape index (κ3) is 5.88. The van der Waals surface area contributed by atoms with Crippen LogP contribution in [0.25, 0.3) is 0 Å². The highest BCUT2D eigenvalue weighted by atomic mass is 127. The van der Waals surface area contributed by atoms with Crippen LogP contribution in [0.1, 0.15) is 12.8 Å². The molecule has 0 unspecified atom stereocenters. The summed E-state index contributed by atoms with van der Waals surface area (Å²) in [6, 6.07) is 0.452. The van der Waals surface area contributed by atoms with Crippen molar-refractivity contribution in [2.45, 2.75) is 18.9 Å². The molecule has 1 amide bonds. The van der Waals surface area contributed by atoms with Gasteiger partial charge in [-0.2, -0.15) is 0 Å². The van der Waals surface area contributed by atoms with E-state index in [0.717, 1.165) is 32.2 Å². The largest absolute Gasteiger partial charge is 0.355 e. The number of halogens is 1. The standard InChI is InChI=1S/C12H23N5O3S.HI/c1-13-12(14-5-6-15-21(2,19)20)16-7-8-17(10-3-4-10)11(18)9-16;/h10,15H,3-9H2,1-2H3,(H,13,14);1H. The fraction of sp³-hybridized carbons (Fsp3) is 0.833. The van der Waals surface area contributed by atoms with Crippen LogP contribution in [0.4, 0.5) is 0 Å². The molecule has 1 aliphatic carbocycles. The second-order valence-corrected chi connectivity index (χ2v) is 7.21. The van der Waals surface area contributed by atoms with Crippen LogP contribution < -0.4 is 10.0 Å². The Labute approximate surface area is 148 Å². The first-order chi connectivity index (χ1) is 9.90. The number of aliphatic imine (C=N–C) groups is 1. The number of carbonyl (C=O) groups is 1. The topological polar surface area (TPSA) is 94.1 Å². The molecule has 0 spiro atoms. The van der Waals surface area contributed by atoms with Gasteiger partial charge >= 0.3 is 0 Å². The molecule has 1 saturated heterocycles. The lowest BCUT2D eigenvalue weighted by atomic mass is 10.3. The lowest BCUT2D eigenvalue weighted by molar-refractivity contribution is -0.135. The van der Waals surface area contributed by atoms with Gasteiger partial charge in [0.1, 0.15) is 0 Å². The van der Waals surface area contributed by atoms with E-state index >= 15 is 0 Å². The van der Waals surface area contributed by atoms with Crippen molar-refractivity contribution in [3.63, 3.8) is 0 Å². The van der Waals surface area contributed by atoms with E-state index in [1.165, 1.54) is 0 Å². The van der Waals surface area contributed by atoms with Gasteiger partial charge in [0.15, 0.2) is 5.96 Å². The zero-order valence-corrected chi connectivity index (χ0v) is 16.1. The molecule has 0 radical (unpaired) electrons. The van der Waals surface area contributed by atoms with Gasteiger partial charge in [-0.1, -0.05) is 0 Å². The van der Waals surface area contributed by atoms with E-state index in [1.54, 1.807) is 7.05 Å². The van der Waals surface area contributed by atoms with Crippen LogP contribution >= 0.6 is 24.0 Å². The van der Waals surface area contributed by atoms with Crippen molar-refractivity contribution in [3.05, 3.63) is 0 Å². The zero-order chi connectivity index (χ0) is 15.5. The Kier molecular flexibility index (Phi) is 7.32. The minimum absolute atomic E-state index is 0. The number of carbonyl (C=O) groups excluding carboxylic acids is 1. The average molecular weight is 445 g/mol. The van der Waals surface area contributed by atoms with E-state index in [1.807, 2.05) is 9.80 Å². The Morgan fingerprint density at radius 1 is 1.32 bits per heavy atom. The van der Waals surface area contributed by atoms with Crippen molar-refractivity contribution < 1.29 is 13.2 Å². The summed E-state index contributed by atoms with van der Waals surface area (Å²) < 4.78 is 24.3. The van der Waals surface area contributed by atoms with E-state index in [-0.39, 0.29) is 36.4 Å². The maximum Gasteiger partial charge on any atom is 0.242 e. The lowest BCUT2D eigenvalue weighted by Crippen LogP contribution is -2.56. The Morgan fingerprint density at radius 3 is 2.50 bits per heavy atom. The monoisotopic (exact) mass is 445 g/mol. The van der Waals surface area contributed by atoms with Crippen LogP contribution in [-0.2, 0) is 14.8 Å². The van der Waals surface area contributed by atoms with E-state index in [4.69, 9.17) is 0 Å². The third-order valence-electron chi connectivity index (χ3n) is 3.53. The van der Waals surface area contributed by atoms with Crippen molar-refractivity contribution in [1.29, 1.82) is 0 Å². The van der Waals surface area contributed by atoms with Crippen LogP contribution in [0.5, 0.6) is 0 Å². The van der Waals surface area contributed by atoms with E-state index in [2.05, 4.69) is 15.0 Å². The summed E-state index contributed by atoms with van der Waals surface area (Å²) in [5.41, 5.74) is 0. The van der Waals surface area contributed by atoms with Crippen LogP contribution in [0.15, 0.2) is 4.99 Å². The van der Waals surface area contributed by atoms with Gasteiger partial charge in [0.2, 0.25) is 15.9 Å². The number of rotatable bonds is 5. The molecular weight excluding hydrogens is 421 g/mol. The molecule has 128 valence electrons. The van der Waals surface area contributed by atoms with E-state index in [9.17, 15) is 13.2 Å². The second-order valence-electron chi connectivity index (χ2n) is 5.38. The van der Waals surface area contributed by atoms with Crippen molar-refractivity contribution in [2.75, 3.05) is 46.0 Å². The summed E-state index contributed by atoms with van der Waals surface area (Å²) in [6.45, 7) is 2.52. The first-order valence-corrected chi connectivity index (χ1v) is 8.99. The Morgan fingerprint density at radius 2 is 2.00 bits per heavy atom. The molecule has 0 atom stereocenters. The highest BCUT2D eigenvalue weighted by molar-refractivity contribution is 14.0. The molecule has 1 heterocycles. The summed E-state index contributed by atoms with van der Waals surface area (Å²) in [7, 11) is -1.52. The quantitative estimate of drug-likeness (QED) is 0.246. The fourth-order valence-corrected chi connectivity index (χ4v) is 2.86. The summed E-state index contributed by atoms with van der Waals surface area (Å²) in [5, 5.41) is 3.07. The van der Waals surface area contributed by atoms with Gasteiger partial charge in [-0.3, -0.25) is 9.79 Å². The summed E-state index contributed by atoms with van der Waals surface area (Å²) in [6.07, 6.45) is 3.36. The van der Waals surface area contributed by atoms with Crippen molar-refractivity contribution in [2.24, 2.45) is 4.99 Å². The van der Waals surface area contributed by atoms with Crippen LogP contribution in [0, 0.1) is 0 Å². The second kappa shape index (κ2) is 8.29.